The number of halogens is 3. The molecule has 33 heavy (non-hydrogen) atoms. The van der Waals surface area contributed by atoms with Crippen LogP contribution in [0.5, 0.6) is 5.75 Å². The SMILES string of the molecule is Cc1cc(C(F)(F)F)cc(O)c1-c1ccc2c(n1)=N/[N+](=C\C1CCC(=O)N(C)C1)C=2C(C)N. The van der Waals surface area contributed by atoms with Crippen LogP contribution in [-0.4, -0.2) is 51.4 Å². The Morgan fingerprint density at radius 1 is 1.33 bits per heavy atom. The van der Waals surface area contributed by atoms with Crippen LogP contribution in [0.1, 0.15) is 30.9 Å². The Morgan fingerprint density at radius 3 is 2.67 bits per heavy atom. The number of aromatic nitrogens is 1. The molecule has 2 unspecified atom stereocenters. The number of benzene rings is 1. The number of aryl methyl sites for hydroxylation is 1. The number of carbonyl (C=O) groups is 1. The number of hydrogen-bond donors (Lipinski definition) is 2. The monoisotopic (exact) mass is 460 g/mol. The summed E-state index contributed by atoms with van der Waals surface area (Å²) in [5, 5.41) is 15.6. The lowest BCUT2D eigenvalue weighted by molar-refractivity contribution is -0.441. The third kappa shape index (κ3) is 4.35. The van der Waals surface area contributed by atoms with Crippen LogP contribution in [0.15, 0.2) is 29.4 Å². The number of fused-ring (bicyclic) bond motifs is 1. The molecule has 7 nitrogen and oxygen atoms in total. The van der Waals surface area contributed by atoms with Crippen molar-refractivity contribution in [2.24, 2.45) is 16.8 Å². The molecule has 1 saturated heterocycles. The number of amides is 1. The van der Waals surface area contributed by atoms with E-state index in [0.717, 1.165) is 11.8 Å². The minimum absolute atomic E-state index is 0.0974. The van der Waals surface area contributed by atoms with Crippen molar-refractivity contribution in [2.75, 3.05) is 13.6 Å². The van der Waals surface area contributed by atoms with E-state index in [2.05, 4.69) is 10.1 Å². The molecule has 0 aliphatic carbocycles. The van der Waals surface area contributed by atoms with Crippen LogP contribution >= 0.6 is 0 Å². The van der Waals surface area contributed by atoms with Crippen molar-refractivity contribution in [3.8, 4) is 17.0 Å². The molecule has 4 rings (SSSR count). The average Bonchev–Trinajstić information content (AvgIpc) is 3.07. The summed E-state index contributed by atoms with van der Waals surface area (Å²) in [6, 6.07) is 4.74. The second-order valence-corrected chi connectivity index (χ2v) is 8.59. The van der Waals surface area contributed by atoms with Gasteiger partial charge in [0.25, 0.3) is 0 Å². The van der Waals surface area contributed by atoms with Crippen molar-refractivity contribution in [1.29, 1.82) is 0 Å². The Kier molecular flexibility index (Phi) is 5.73. The number of likely N-dealkylation sites (tertiary alicyclic amines) is 1. The molecule has 10 heteroatoms. The first kappa shape index (κ1) is 22.9. The zero-order valence-electron chi connectivity index (χ0n) is 18.5. The minimum Gasteiger partial charge on any atom is -0.507 e. The second kappa shape index (κ2) is 8.26. The largest absolute Gasteiger partial charge is 0.507 e. The molecule has 2 aromatic rings. The smallest absolute Gasteiger partial charge is 0.416 e. The molecule has 3 N–H and O–H groups in total. The molecule has 0 saturated carbocycles. The molecule has 174 valence electrons. The van der Waals surface area contributed by atoms with E-state index in [9.17, 15) is 23.1 Å². The van der Waals surface area contributed by atoms with Crippen molar-refractivity contribution in [2.45, 2.75) is 38.9 Å². The van der Waals surface area contributed by atoms with E-state index in [1.165, 1.54) is 6.92 Å². The summed E-state index contributed by atoms with van der Waals surface area (Å²) in [5.74, 6) is -0.293. The summed E-state index contributed by atoms with van der Waals surface area (Å²) in [5.41, 5.74) is 7.20. The summed E-state index contributed by atoms with van der Waals surface area (Å²) in [6.07, 6.45) is -1.46. The highest BCUT2D eigenvalue weighted by molar-refractivity contribution is 5.78. The number of nitrogens with zero attached hydrogens (tertiary/aromatic N) is 4. The van der Waals surface area contributed by atoms with E-state index in [0.29, 0.717) is 41.9 Å². The molecular weight excluding hydrogens is 435 g/mol. The number of hydrogen-bond acceptors (Lipinski definition) is 5. The van der Waals surface area contributed by atoms with E-state index in [4.69, 9.17) is 5.73 Å². The maximum Gasteiger partial charge on any atom is 0.416 e. The Bertz CT molecular complexity index is 1260. The second-order valence-electron chi connectivity index (χ2n) is 8.59. The zero-order chi connectivity index (χ0) is 24.1. The lowest BCUT2D eigenvalue weighted by Crippen LogP contribution is -2.38. The molecule has 0 radical (unpaired) electrons. The first-order valence-corrected chi connectivity index (χ1v) is 10.6. The van der Waals surface area contributed by atoms with Gasteiger partial charge in [0.15, 0.2) is 6.21 Å². The molecule has 2 aliphatic rings. The van der Waals surface area contributed by atoms with E-state index in [-0.39, 0.29) is 29.0 Å². The lowest BCUT2D eigenvalue weighted by atomic mass is 9.99. The fourth-order valence-electron chi connectivity index (χ4n) is 4.34. The van der Waals surface area contributed by atoms with Crippen LogP contribution < -0.4 is 16.4 Å². The maximum atomic E-state index is 13.1. The van der Waals surface area contributed by atoms with E-state index in [1.807, 2.05) is 13.1 Å². The Morgan fingerprint density at radius 2 is 2.06 bits per heavy atom. The quantitative estimate of drug-likeness (QED) is 0.683. The molecule has 1 fully saturated rings. The summed E-state index contributed by atoms with van der Waals surface area (Å²) in [4.78, 5) is 18.0. The molecule has 2 aliphatic heterocycles. The molecule has 2 atom stereocenters. The molecule has 0 bridgehead atoms. The van der Waals surface area contributed by atoms with Crippen LogP contribution in [0.4, 0.5) is 13.2 Å². The first-order chi connectivity index (χ1) is 15.5. The van der Waals surface area contributed by atoms with Gasteiger partial charge in [0.1, 0.15) is 5.75 Å². The van der Waals surface area contributed by atoms with Crippen molar-refractivity contribution in [3.05, 3.63) is 46.1 Å². The summed E-state index contributed by atoms with van der Waals surface area (Å²) in [7, 11) is 1.76. The number of alkyl halides is 3. The van der Waals surface area contributed by atoms with Gasteiger partial charge in [-0.1, -0.05) is 4.68 Å². The van der Waals surface area contributed by atoms with Crippen molar-refractivity contribution >= 4 is 17.8 Å². The van der Waals surface area contributed by atoms with Crippen molar-refractivity contribution < 1.29 is 27.8 Å². The van der Waals surface area contributed by atoms with Gasteiger partial charge in [-0.05, 0) is 50.1 Å². The summed E-state index contributed by atoms with van der Waals surface area (Å²) in [6.45, 7) is 3.90. The Labute approximate surface area is 188 Å². The fraction of sp³-hybridized carbons (Fsp3) is 0.391. The van der Waals surface area contributed by atoms with Crippen LogP contribution in [0.3, 0.4) is 0 Å². The molecule has 1 amide bonds. The molecular formula is C23H25F3N5O2+. The van der Waals surface area contributed by atoms with E-state index < -0.39 is 17.5 Å². The van der Waals surface area contributed by atoms with Crippen LogP contribution in [0.25, 0.3) is 17.0 Å². The number of carbonyl (C=O) groups excluding carboxylic acids is 1. The Hall–Kier alpha value is -3.27. The van der Waals surface area contributed by atoms with Gasteiger partial charge in [0.2, 0.25) is 17.1 Å². The average molecular weight is 460 g/mol. The van der Waals surface area contributed by atoms with Gasteiger partial charge < -0.3 is 15.7 Å². The third-order valence-electron chi connectivity index (χ3n) is 5.94. The fourth-order valence-corrected chi connectivity index (χ4v) is 4.34. The van der Waals surface area contributed by atoms with Crippen LogP contribution in [0, 0.1) is 12.8 Å². The zero-order valence-corrected chi connectivity index (χ0v) is 18.5. The highest BCUT2D eigenvalue weighted by atomic mass is 19.4. The third-order valence-corrected chi connectivity index (χ3v) is 5.94. The Balaban J connectivity index is 1.79. The summed E-state index contributed by atoms with van der Waals surface area (Å²) >= 11 is 0. The predicted molar refractivity (Wildman–Crippen MR) is 116 cm³/mol. The number of pyridine rings is 1. The van der Waals surface area contributed by atoms with Gasteiger partial charge >= 0.3 is 6.18 Å². The number of aromatic hydroxyl groups is 1. The van der Waals surface area contributed by atoms with Crippen molar-refractivity contribution in [1.82, 2.24) is 9.88 Å². The summed E-state index contributed by atoms with van der Waals surface area (Å²) < 4.78 is 40.9. The number of piperidine rings is 1. The molecule has 0 spiro atoms. The predicted octanol–water partition coefficient (Wildman–Crippen LogP) is 1.74. The van der Waals surface area contributed by atoms with E-state index in [1.54, 1.807) is 28.8 Å². The topological polar surface area (TPSA) is 94.8 Å². The van der Waals surface area contributed by atoms with Gasteiger partial charge in [-0.15, -0.1) is 0 Å². The number of phenolic OH excluding ortho intramolecular Hbond substituents is 1. The van der Waals surface area contributed by atoms with Crippen molar-refractivity contribution in [3.63, 3.8) is 0 Å². The first-order valence-electron chi connectivity index (χ1n) is 10.6. The van der Waals surface area contributed by atoms with Gasteiger partial charge in [-0.3, -0.25) is 4.79 Å². The van der Waals surface area contributed by atoms with Gasteiger partial charge in [0.05, 0.1) is 28.4 Å². The standard InChI is InChI=1S/C23H24F3N5O2/c1-12-8-15(23(24,25)26)9-18(32)20(12)17-6-5-16-21(13(2)27)31(29-22(16)28-17)11-14-4-7-19(33)30(3)10-14/h5-6,8-9,11,13-14H,4,7,10,27H2,1-3H3/p+1/b31-11-. The molecule has 1 aromatic carbocycles. The van der Waals surface area contributed by atoms with E-state index >= 15 is 0 Å². The minimum atomic E-state index is -4.56. The highest BCUT2D eigenvalue weighted by Crippen LogP contribution is 2.38. The molecule has 1 aromatic heterocycles. The lowest BCUT2D eigenvalue weighted by Gasteiger charge is -2.25. The van der Waals surface area contributed by atoms with Crippen LogP contribution in [0.2, 0.25) is 0 Å². The number of rotatable bonds is 3. The van der Waals surface area contributed by atoms with Gasteiger partial charge in [-0.2, -0.15) is 13.2 Å². The maximum absolute atomic E-state index is 13.1. The normalized spacial score (nSPS) is 20.8. The number of phenols is 1. The van der Waals surface area contributed by atoms with Gasteiger partial charge in [-0.25, -0.2) is 4.98 Å². The van der Waals surface area contributed by atoms with Crippen LogP contribution in [-0.2, 0) is 11.0 Å². The number of nitrogens with two attached hydrogens (primary N) is 1. The van der Waals surface area contributed by atoms with Gasteiger partial charge in [0, 0.05) is 30.7 Å². The highest BCUT2D eigenvalue weighted by Gasteiger charge is 2.33. The molecule has 3 heterocycles.